The fraction of sp³-hybridized carbons (Fsp3) is 0.630. The molecule has 2 aromatic rings. The standard InChI is InChI=1S/C46H69N5O8/c1-31(2)25-38(42(53)46(8)29-59-46)48-43(54)39(27-36-17-13-10-14-18-36)49-44(55)40(26-32(3)4)51(30-58-34(7)33(5)6)45(56)37(20-19-35-15-11-9-12-16-35)47-41(52)28-50-21-23-57-24-22-50/h9-18,31-34,37-40H,19-30H2,1-8H3,(H,47,52)(H,48,54)(H,49,55)/t34-,37+,38+,39+,40+,46-/m1/s1. The highest BCUT2D eigenvalue weighted by Crippen LogP contribution is 2.30. The summed E-state index contributed by atoms with van der Waals surface area (Å²) in [5.41, 5.74) is 0.867. The van der Waals surface area contributed by atoms with Crippen LogP contribution in [0.2, 0.25) is 0 Å². The second kappa shape index (κ2) is 23.0. The van der Waals surface area contributed by atoms with Crippen molar-refractivity contribution in [2.45, 2.75) is 123 Å². The molecule has 2 aliphatic heterocycles. The van der Waals surface area contributed by atoms with Gasteiger partial charge in [0.15, 0.2) is 5.78 Å². The van der Waals surface area contributed by atoms with Gasteiger partial charge in [-0.1, -0.05) is 102 Å². The zero-order valence-electron chi connectivity index (χ0n) is 36.5. The average molecular weight is 820 g/mol. The normalized spacial score (nSPS) is 19.4. The van der Waals surface area contributed by atoms with Crippen LogP contribution in [0, 0.1) is 17.8 Å². The monoisotopic (exact) mass is 820 g/mol. The van der Waals surface area contributed by atoms with Crippen molar-refractivity contribution in [3.8, 4) is 0 Å². The lowest BCUT2D eigenvalue weighted by molar-refractivity contribution is -0.154. The Hall–Kier alpha value is -4.17. The second-order valence-electron chi connectivity index (χ2n) is 17.6. The Balaban J connectivity index is 1.68. The SMILES string of the molecule is CC(C)C[C@H](NC(=O)[C@H](Cc1ccccc1)NC(=O)[C@H](CC(C)C)N(CO[C@H](C)C(C)C)C(=O)[C@H](CCc1ccccc1)NC(=O)CN1CCOCC1)C(=O)[C@@]1(C)CO1. The summed E-state index contributed by atoms with van der Waals surface area (Å²) in [5.74, 6) is -1.81. The highest BCUT2D eigenvalue weighted by Gasteiger charge is 2.50. The van der Waals surface area contributed by atoms with Crippen LogP contribution in [0.1, 0.15) is 85.8 Å². The molecule has 2 heterocycles. The maximum absolute atomic E-state index is 15.0. The van der Waals surface area contributed by atoms with Crippen LogP contribution in [-0.2, 0) is 51.0 Å². The van der Waals surface area contributed by atoms with Crippen molar-refractivity contribution in [1.82, 2.24) is 25.8 Å². The summed E-state index contributed by atoms with van der Waals surface area (Å²) in [5, 5.41) is 9.00. The minimum atomic E-state index is -1.08. The van der Waals surface area contributed by atoms with Crippen molar-refractivity contribution in [1.29, 1.82) is 0 Å². The van der Waals surface area contributed by atoms with E-state index in [0.29, 0.717) is 45.8 Å². The molecule has 0 aliphatic carbocycles. The minimum Gasteiger partial charge on any atom is -0.379 e. The number of carbonyl (C=O) groups excluding carboxylic acids is 5. The van der Waals surface area contributed by atoms with E-state index >= 15 is 4.79 Å². The molecule has 0 bridgehead atoms. The van der Waals surface area contributed by atoms with Crippen LogP contribution < -0.4 is 16.0 Å². The van der Waals surface area contributed by atoms with Crippen LogP contribution in [0.3, 0.4) is 0 Å². The van der Waals surface area contributed by atoms with Gasteiger partial charge in [0.25, 0.3) is 0 Å². The summed E-state index contributed by atoms with van der Waals surface area (Å²) in [7, 11) is 0. The molecule has 2 fully saturated rings. The molecule has 0 saturated carbocycles. The van der Waals surface area contributed by atoms with E-state index in [1.54, 1.807) is 6.92 Å². The topological polar surface area (TPSA) is 159 Å². The number of benzene rings is 2. The third kappa shape index (κ3) is 15.4. The third-order valence-electron chi connectivity index (χ3n) is 11.1. The number of hydrogen-bond acceptors (Lipinski definition) is 9. The summed E-state index contributed by atoms with van der Waals surface area (Å²) in [6, 6.07) is 15.2. The van der Waals surface area contributed by atoms with E-state index in [1.165, 1.54) is 4.90 Å². The fourth-order valence-electron chi connectivity index (χ4n) is 7.06. The number of morpholine rings is 1. The van der Waals surface area contributed by atoms with Crippen molar-refractivity contribution < 1.29 is 38.2 Å². The maximum Gasteiger partial charge on any atom is 0.247 e. The molecule has 2 saturated heterocycles. The smallest absolute Gasteiger partial charge is 0.247 e. The summed E-state index contributed by atoms with van der Waals surface area (Å²) < 4.78 is 17.2. The number of amides is 4. The van der Waals surface area contributed by atoms with Gasteiger partial charge in [0, 0.05) is 19.5 Å². The Morgan fingerprint density at radius 1 is 0.763 bits per heavy atom. The number of nitrogens with one attached hydrogen (secondary N) is 3. The summed E-state index contributed by atoms with van der Waals surface area (Å²) in [6.07, 6.45) is 1.35. The molecule has 0 spiro atoms. The zero-order valence-corrected chi connectivity index (χ0v) is 36.5. The number of epoxide rings is 1. The number of ketones is 1. The Morgan fingerprint density at radius 3 is 1.90 bits per heavy atom. The van der Waals surface area contributed by atoms with Crippen LogP contribution in [0.4, 0.5) is 0 Å². The first-order chi connectivity index (χ1) is 28.1. The highest BCUT2D eigenvalue weighted by molar-refractivity contribution is 5.98. The number of hydrogen-bond donors (Lipinski definition) is 3. The van der Waals surface area contributed by atoms with Crippen molar-refractivity contribution in [2.75, 3.05) is 46.2 Å². The van der Waals surface area contributed by atoms with Crippen LogP contribution in [0.5, 0.6) is 0 Å². The molecule has 2 aliphatic rings. The number of ether oxygens (including phenoxy) is 3. The third-order valence-corrected chi connectivity index (χ3v) is 11.1. The first-order valence-corrected chi connectivity index (χ1v) is 21.4. The molecule has 326 valence electrons. The lowest BCUT2D eigenvalue weighted by Crippen LogP contribution is -2.60. The second-order valence-corrected chi connectivity index (χ2v) is 17.6. The van der Waals surface area contributed by atoms with Gasteiger partial charge in [-0.05, 0) is 68.4 Å². The largest absolute Gasteiger partial charge is 0.379 e. The maximum atomic E-state index is 15.0. The van der Waals surface area contributed by atoms with Gasteiger partial charge in [-0.25, -0.2) is 0 Å². The van der Waals surface area contributed by atoms with Crippen molar-refractivity contribution in [3.05, 3.63) is 71.8 Å². The molecule has 0 aromatic heterocycles. The van der Waals surface area contributed by atoms with E-state index in [-0.39, 0.29) is 68.1 Å². The highest BCUT2D eigenvalue weighted by atomic mass is 16.6. The van der Waals surface area contributed by atoms with Gasteiger partial charge < -0.3 is 35.1 Å². The van der Waals surface area contributed by atoms with Gasteiger partial charge >= 0.3 is 0 Å². The van der Waals surface area contributed by atoms with Crippen molar-refractivity contribution >= 4 is 29.4 Å². The van der Waals surface area contributed by atoms with Gasteiger partial charge in [0.2, 0.25) is 23.6 Å². The van der Waals surface area contributed by atoms with E-state index in [1.807, 2.05) is 114 Å². The van der Waals surface area contributed by atoms with E-state index in [9.17, 15) is 19.2 Å². The minimum absolute atomic E-state index is 0.0454. The molecule has 4 rings (SSSR count). The van der Waals surface area contributed by atoms with Crippen molar-refractivity contribution in [3.63, 3.8) is 0 Å². The predicted octanol–water partition coefficient (Wildman–Crippen LogP) is 4.31. The summed E-state index contributed by atoms with van der Waals surface area (Å²) in [4.78, 5) is 74.7. The van der Waals surface area contributed by atoms with E-state index in [2.05, 4.69) is 16.0 Å². The fourth-order valence-corrected chi connectivity index (χ4v) is 7.06. The summed E-state index contributed by atoms with van der Waals surface area (Å²) >= 11 is 0. The first kappa shape index (κ1) is 47.5. The lowest BCUT2D eigenvalue weighted by atomic mass is 9.93. The van der Waals surface area contributed by atoms with Gasteiger partial charge in [0.05, 0.1) is 38.5 Å². The van der Waals surface area contributed by atoms with E-state index in [0.717, 1.165) is 11.1 Å². The Labute approximate surface area is 351 Å². The van der Waals surface area contributed by atoms with Crippen LogP contribution >= 0.6 is 0 Å². The van der Waals surface area contributed by atoms with Gasteiger partial charge in [-0.15, -0.1) is 0 Å². The van der Waals surface area contributed by atoms with E-state index in [4.69, 9.17) is 14.2 Å². The molecule has 3 N–H and O–H groups in total. The molecule has 0 unspecified atom stereocenters. The molecule has 13 nitrogen and oxygen atoms in total. The van der Waals surface area contributed by atoms with Crippen LogP contribution in [0.15, 0.2) is 60.7 Å². The summed E-state index contributed by atoms with van der Waals surface area (Å²) in [6.45, 7) is 18.0. The Kier molecular flexibility index (Phi) is 18.5. The average Bonchev–Trinajstić information content (AvgIpc) is 3.96. The predicted molar refractivity (Wildman–Crippen MR) is 227 cm³/mol. The number of Topliss-reactive ketones (excluding diaryl/α,β-unsaturated/α-hetero) is 1. The molecule has 13 heteroatoms. The number of aryl methyl sites for hydroxylation is 1. The Morgan fingerprint density at radius 2 is 1.34 bits per heavy atom. The number of rotatable bonds is 24. The van der Waals surface area contributed by atoms with Gasteiger partial charge in [0.1, 0.15) is 30.5 Å². The molecule has 0 radical (unpaired) electrons. The lowest BCUT2D eigenvalue weighted by Gasteiger charge is -2.36. The van der Waals surface area contributed by atoms with Crippen LogP contribution in [-0.4, -0.2) is 121 Å². The van der Waals surface area contributed by atoms with Crippen molar-refractivity contribution in [2.24, 2.45) is 17.8 Å². The number of carbonyl (C=O) groups is 5. The van der Waals surface area contributed by atoms with Crippen LogP contribution in [0.25, 0.3) is 0 Å². The van der Waals surface area contributed by atoms with Gasteiger partial charge in [-0.3, -0.25) is 28.9 Å². The Bertz CT molecular complexity index is 1640. The first-order valence-electron chi connectivity index (χ1n) is 21.4. The quantitative estimate of drug-likeness (QED) is 0.104. The molecular weight excluding hydrogens is 751 g/mol. The molecule has 4 amide bonds. The zero-order chi connectivity index (χ0) is 43.1. The molecule has 59 heavy (non-hydrogen) atoms. The number of nitrogens with zero attached hydrogens (tertiary/aromatic N) is 2. The molecule has 6 atom stereocenters. The molecule has 2 aromatic carbocycles. The van der Waals surface area contributed by atoms with Gasteiger partial charge in [-0.2, -0.15) is 0 Å². The van der Waals surface area contributed by atoms with E-state index < -0.39 is 47.5 Å². The molecular formula is C46H69N5O8.